The molecular formula is C28H48FeP2-6. The normalized spacial score (nSPS) is 11.5. The molecule has 0 radical (unpaired) electrons. The predicted octanol–water partition coefficient (Wildman–Crippen LogP) is 9.40. The first-order valence-corrected chi connectivity index (χ1v) is 15.8. The zero-order chi connectivity index (χ0) is 22.5. The Morgan fingerprint density at radius 2 is 1.06 bits per heavy atom. The fourth-order valence-electron chi connectivity index (χ4n) is 4.08. The molecule has 0 saturated heterocycles. The maximum Gasteiger partial charge on any atom is 0 e. The smallest absolute Gasteiger partial charge is 0 e. The molecule has 0 aliphatic carbocycles. The van der Waals surface area contributed by atoms with E-state index >= 15 is 0 Å². The molecule has 0 atom stereocenters. The molecule has 0 fully saturated rings. The molecule has 31 heavy (non-hydrogen) atoms. The van der Waals surface area contributed by atoms with Crippen LogP contribution in [-0.4, -0.2) is 24.6 Å². The van der Waals surface area contributed by atoms with Crippen molar-refractivity contribution in [2.24, 2.45) is 23.7 Å². The Balaban J connectivity index is 0.00000131. The minimum atomic E-state index is 0. The molecule has 184 valence electrons. The van der Waals surface area contributed by atoms with Crippen molar-refractivity contribution in [3.8, 4) is 0 Å². The van der Waals surface area contributed by atoms with E-state index in [9.17, 15) is 0 Å². The molecule has 0 amide bonds. The van der Waals surface area contributed by atoms with Crippen molar-refractivity contribution in [1.82, 2.24) is 0 Å². The molecule has 0 spiro atoms. The Morgan fingerprint density at radius 1 is 0.677 bits per heavy atom. The number of rotatable bonds is 12. The molecule has 0 saturated carbocycles. The first kappa shape index (κ1) is 31.1. The van der Waals surface area contributed by atoms with Gasteiger partial charge in [-0.05, 0) is 54.5 Å². The molecule has 0 aliphatic heterocycles. The number of hydrogen-bond donors (Lipinski definition) is 0. The topological polar surface area (TPSA) is 0 Å². The van der Waals surface area contributed by atoms with Gasteiger partial charge in [0.15, 0.2) is 0 Å². The van der Waals surface area contributed by atoms with Crippen LogP contribution in [0.1, 0.15) is 66.5 Å². The zero-order valence-corrected chi connectivity index (χ0v) is 24.3. The molecule has 2 aromatic rings. The third-order valence-electron chi connectivity index (χ3n) is 4.84. The van der Waals surface area contributed by atoms with Crippen LogP contribution in [-0.2, 0) is 29.4 Å². The van der Waals surface area contributed by atoms with Crippen molar-refractivity contribution in [2.75, 3.05) is 24.6 Å². The van der Waals surface area contributed by atoms with Crippen molar-refractivity contribution in [2.45, 2.75) is 67.7 Å². The first-order chi connectivity index (χ1) is 14.2. The second kappa shape index (κ2) is 17.5. The first-order valence-electron chi connectivity index (χ1n) is 12.0. The van der Waals surface area contributed by atoms with Crippen LogP contribution >= 0.6 is 15.8 Å². The molecule has 0 bridgehead atoms. The minimum Gasteiger partial charge on any atom is -0.748 e. The molecule has 2 rings (SSSR count). The van der Waals surface area contributed by atoms with Crippen molar-refractivity contribution in [3.63, 3.8) is 0 Å². The third-order valence-corrected chi connectivity index (χ3v) is 11.4. The van der Waals surface area contributed by atoms with Gasteiger partial charge < -0.3 is 30.3 Å². The van der Waals surface area contributed by atoms with Gasteiger partial charge in [-0.25, -0.2) is 12.1 Å². The monoisotopic (exact) mass is 502 g/mol. The van der Waals surface area contributed by atoms with Crippen molar-refractivity contribution in [3.05, 3.63) is 59.7 Å². The van der Waals surface area contributed by atoms with Crippen molar-refractivity contribution < 1.29 is 17.1 Å². The molecule has 2 aromatic carbocycles. The summed E-state index contributed by atoms with van der Waals surface area (Å²) < 4.78 is 0. The standard InChI is InChI=1S/C23H43P2.C5H5.Fe/c1-18(2)12-24(13-19(3)4)16-22-10-9-11-23(22)17-25(14-20(5)6)15-21(7)8;1-2-4-5-3-1;/h9-11,18-21H,12-17H2,1-8H3;1-5H;/q-1;-5;. The van der Waals surface area contributed by atoms with Gasteiger partial charge in [-0.2, -0.15) is 11.6 Å². The Labute approximate surface area is 208 Å². The second-order valence-corrected chi connectivity index (χ2v) is 15.3. The summed E-state index contributed by atoms with van der Waals surface area (Å²) in [6.07, 6.45) is 8.46. The van der Waals surface area contributed by atoms with E-state index in [0.717, 1.165) is 23.7 Å². The average Bonchev–Trinajstić information content (AvgIpc) is 3.28. The van der Waals surface area contributed by atoms with Crippen molar-refractivity contribution >= 4 is 15.8 Å². The summed E-state index contributed by atoms with van der Waals surface area (Å²) in [4.78, 5) is 0. The van der Waals surface area contributed by atoms with Gasteiger partial charge in [0.25, 0.3) is 0 Å². The average molecular weight is 502 g/mol. The summed E-state index contributed by atoms with van der Waals surface area (Å²) in [7, 11) is 0.285. The molecule has 0 N–H and O–H groups in total. The van der Waals surface area contributed by atoms with Gasteiger partial charge in [0.2, 0.25) is 0 Å². The maximum absolute atomic E-state index is 2.43. The van der Waals surface area contributed by atoms with Crippen LogP contribution in [0.3, 0.4) is 0 Å². The third kappa shape index (κ3) is 15.5. The van der Waals surface area contributed by atoms with Crippen LogP contribution in [0.15, 0.2) is 48.5 Å². The van der Waals surface area contributed by atoms with E-state index in [0.29, 0.717) is 0 Å². The summed E-state index contributed by atoms with van der Waals surface area (Å²) in [5.74, 6) is 3.34. The van der Waals surface area contributed by atoms with Crippen LogP contribution < -0.4 is 0 Å². The van der Waals surface area contributed by atoms with E-state index < -0.39 is 0 Å². The fourth-order valence-corrected chi connectivity index (χ4v) is 10.6. The molecule has 0 unspecified atom stereocenters. The van der Waals surface area contributed by atoms with Gasteiger partial charge in [0.05, 0.1) is 0 Å². The summed E-state index contributed by atoms with van der Waals surface area (Å²) in [6, 6.07) is 17.2. The summed E-state index contributed by atoms with van der Waals surface area (Å²) >= 11 is 0. The zero-order valence-electron chi connectivity index (χ0n) is 21.4. The fraction of sp³-hybridized carbons (Fsp3) is 0.643. The Hall–Kier alpha value is 0.0795. The van der Waals surface area contributed by atoms with Crippen LogP contribution in [0.25, 0.3) is 0 Å². The summed E-state index contributed by atoms with van der Waals surface area (Å²) in [5, 5.41) is 0. The van der Waals surface area contributed by atoms with Gasteiger partial charge in [0, 0.05) is 17.1 Å². The maximum atomic E-state index is 2.43. The van der Waals surface area contributed by atoms with E-state index in [2.05, 4.69) is 73.6 Å². The minimum absolute atomic E-state index is 0. The molecule has 0 nitrogen and oxygen atoms in total. The van der Waals surface area contributed by atoms with Crippen LogP contribution in [0.5, 0.6) is 0 Å². The van der Waals surface area contributed by atoms with Crippen LogP contribution in [0.4, 0.5) is 0 Å². The number of hydrogen-bond acceptors (Lipinski definition) is 0. The van der Waals surface area contributed by atoms with Gasteiger partial charge in [-0.3, -0.25) is 0 Å². The quantitative estimate of drug-likeness (QED) is 0.154. The van der Waals surface area contributed by atoms with Gasteiger partial charge in [-0.1, -0.05) is 61.6 Å². The molecule has 0 aromatic heterocycles. The molecular weight excluding hydrogens is 454 g/mol. The Kier molecular flexibility index (Phi) is 17.6. The molecule has 0 heterocycles. The van der Waals surface area contributed by atoms with Crippen molar-refractivity contribution in [1.29, 1.82) is 0 Å². The van der Waals surface area contributed by atoms with E-state index in [1.807, 2.05) is 30.3 Å². The SMILES string of the molecule is CC(C)CP(Cc1ccc[c-]1CP(CC(C)C)CC(C)C)CC(C)C.[Fe].[cH-]1[cH-][cH-][cH-][cH-]1. The van der Waals surface area contributed by atoms with E-state index in [1.165, 1.54) is 37.0 Å². The Morgan fingerprint density at radius 3 is 1.45 bits per heavy atom. The molecule has 3 heteroatoms. The van der Waals surface area contributed by atoms with Gasteiger partial charge in [-0.15, -0.1) is 21.4 Å². The van der Waals surface area contributed by atoms with Crippen LogP contribution in [0, 0.1) is 23.7 Å². The second-order valence-electron chi connectivity index (χ2n) is 10.5. The largest absolute Gasteiger partial charge is 0.748 e. The predicted molar refractivity (Wildman–Crippen MR) is 144 cm³/mol. The van der Waals surface area contributed by atoms with E-state index in [4.69, 9.17) is 0 Å². The van der Waals surface area contributed by atoms with Gasteiger partial charge in [0.1, 0.15) is 0 Å². The Bertz CT molecular complexity index is 548. The molecule has 0 aliphatic rings. The van der Waals surface area contributed by atoms with Crippen LogP contribution in [0.2, 0.25) is 0 Å². The van der Waals surface area contributed by atoms with Gasteiger partial charge >= 0.3 is 0 Å². The van der Waals surface area contributed by atoms with E-state index in [-0.39, 0.29) is 32.9 Å². The summed E-state index contributed by atoms with van der Waals surface area (Å²) in [6.45, 7) is 19.2. The summed E-state index contributed by atoms with van der Waals surface area (Å²) in [5.41, 5.74) is 3.37. The van der Waals surface area contributed by atoms with E-state index in [1.54, 1.807) is 11.1 Å².